The maximum atomic E-state index is 12.4. The molecule has 1 amide bonds. The Balaban J connectivity index is 1.32. The van der Waals surface area contributed by atoms with Crippen LogP contribution in [0.1, 0.15) is 29.0 Å². The molecule has 1 N–H and O–H groups in total. The number of benzene rings is 3. The van der Waals surface area contributed by atoms with Crippen LogP contribution in [0.15, 0.2) is 72.8 Å². The third kappa shape index (κ3) is 6.08. The van der Waals surface area contributed by atoms with Crippen molar-refractivity contribution in [3.8, 4) is 11.5 Å². The number of para-hydroxylation sites is 2. The van der Waals surface area contributed by atoms with E-state index in [2.05, 4.69) is 16.0 Å². The Hall–Kier alpha value is -3.51. The number of aromatic nitrogens is 2. The zero-order valence-electron chi connectivity index (χ0n) is 19.2. The molecule has 3 aromatic carbocycles. The molecule has 0 saturated carbocycles. The first-order valence-electron chi connectivity index (χ1n) is 11.4. The van der Waals surface area contributed by atoms with Gasteiger partial charge in [-0.05, 0) is 67.4 Å². The quantitative estimate of drug-likeness (QED) is 0.288. The third-order valence-electron chi connectivity index (χ3n) is 5.54. The maximum absolute atomic E-state index is 12.4. The first-order valence-corrected chi connectivity index (χ1v) is 11.8. The lowest BCUT2D eigenvalue weighted by Gasteiger charge is -2.11. The largest absolute Gasteiger partial charge is 0.497 e. The van der Waals surface area contributed by atoms with Gasteiger partial charge in [-0.3, -0.25) is 4.79 Å². The van der Waals surface area contributed by atoms with E-state index >= 15 is 0 Å². The number of fused-ring (bicyclic) bond motifs is 1. The Morgan fingerprint density at radius 2 is 1.82 bits per heavy atom. The van der Waals surface area contributed by atoms with E-state index in [0.717, 1.165) is 48.4 Å². The fraction of sp³-hybridized carbons (Fsp3) is 0.259. The number of ether oxygens (including phenoxy) is 2. The molecule has 1 aromatic heterocycles. The van der Waals surface area contributed by atoms with Gasteiger partial charge >= 0.3 is 0 Å². The zero-order valence-corrected chi connectivity index (χ0v) is 19.9. The average molecular weight is 478 g/mol. The van der Waals surface area contributed by atoms with Crippen molar-refractivity contribution >= 4 is 28.5 Å². The van der Waals surface area contributed by atoms with Gasteiger partial charge in [0.25, 0.3) is 5.91 Å². The highest BCUT2D eigenvalue weighted by Gasteiger charge is 2.11. The molecule has 0 saturated heterocycles. The summed E-state index contributed by atoms with van der Waals surface area (Å²) >= 11 is 5.93. The number of hydrogen-bond acceptors (Lipinski definition) is 4. The number of imidazole rings is 1. The Bertz CT molecular complexity index is 1240. The normalized spacial score (nSPS) is 10.9. The van der Waals surface area contributed by atoms with Crippen LogP contribution in [0.3, 0.4) is 0 Å². The molecule has 6 nitrogen and oxygen atoms in total. The fourth-order valence-electron chi connectivity index (χ4n) is 3.82. The van der Waals surface area contributed by atoms with Gasteiger partial charge in [-0.2, -0.15) is 0 Å². The summed E-state index contributed by atoms with van der Waals surface area (Å²) in [6.45, 7) is 1.97. The second-order valence-corrected chi connectivity index (χ2v) is 8.35. The van der Waals surface area contributed by atoms with Gasteiger partial charge in [-0.25, -0.2) is 4.98 Å². The second-order valence-electron chi connectivity index (χ2n) is 7.92. The maximum Gasteiger partial charge on any atom is 0.251 e. The van der Waals surface area contributed by atoms with E-state index in [-0.39, 0.29) is 5.91 Å². The number of aryl methyl sites for hydroxylation is 2. The predicted molar refractivity (Wildman–Crippen MR) is 135 cm³/mol. The second kappa shape index (κ2) is 11.6. The van der Waals surface area contributed by atoms with Crippen molar-refractivity contribution < 1.29 is 14.3 Å². The molecule has 7 heteroatoms. The summed E-state index contributed by atoms with van der Waals surface area (Å²) in [5.74, 6) is 2.39. The molecular weight excluding hydrogens is 450 g/mol. The molecule has 4 aromatic rings. The van der Waals surface area contributed by atoms with Crippen LogP contribution in [0.5, 0.6) is 11.5 Å². The van der Waals surface area contributed by atoms with Crippen molar-refractivity contribution in [1.29, 1.82) is 0 Å². The van der Waals surface area contributed by atoms with Crippen LogP contribution in [0.2, 0.25) is 5.02 Å². The molecule has 0 radical (unpaired) electrons. The van der Waals surface area contributed by atoms with Crippen LogP contribution >= 0.6 is 11.6 Å². The Labute approximate surface area is 204 Å². The van der Waals surface area contributed by atoms with Gasteiger partial charge in [-0.1, -0.05) is 29.8 Å². The van der Waals surface area contributed by atoms with E-state index in [1.807, 2.05) is 54.6 Å². The first-order chi connectivity index (χ1) is 16.6. The first kappa shape index (κ1) is 23.6. The van der Waals surface area contributed by atoms with Gasteiger partial charge in [-0.15, -0.1) is 0 Å². The highest BCUT2D eigenvalue weighted by molar-refractivity contribution is 6.30. The molecule has 0 spiro atoms. The van der Waals surface area contributed by atoms with E-state index < -0.39 is 0 Å². The van der Waals surface area contributed by atoms with E-state index in [9.17, 15) is 4.79 Å². The molecule has 0 aliphatic carbocycles. The highest BCUT2D eigenvalue weighted by atomic mass is 35.5. The van der Waals surface area contributed by atoms with E-state index in [1.165, 1.54) is 0 Å². The molecule has 0 bridgehead atoms. The Morgan fingerprint density at radius 3 is 2.65 bits per heavy atom. The summed E-state index contributed by atoms with van der Waals surface area (Å²) in [7, 11) is 1.59. The number of carbonyl (C=O) groups excluding carboxylic acids is 1. The number of hydrogen-bond donors (Lipinski definition) is 1. The standard InChI is InChI=1S/C27H28ClN3O3/c1-33-23-8-4-7-20(19-23)27(32)29-16-5-11-26-30-24-9-2-3-10-25(24)31(26)17-6-18-34-22-14-12-21(28)13-15-22/h2-4,7-10,12-15,19H,5-6,11,16-18H2,1H3,(H,29,32). The van der Waals surface area contributed by atoms with Gasteiger partial charge in [0.15, 0.2) is 0 Å². The van der Waals surface area contributed by atoms with Crippen molar-refractivity contribution in [3.05, 3.63) is 89.2 Å². The minimum absolute atomic E-state index is 0.105. The average Bonchev–Trinajstić information content (AvgIpc) is 3.22. The monoisotopic (exact) mass is 477 g/mol. The van der Waals surface area contributed by atoms with Crippen LogP contribution in [-0.4, -0.2) is 35.7 Å². The summed E-state index contributed by atoms with van der Waals surface area (Å²) in [4.78, 5) is 17.3. The summed E-state index contributed by atoms with van der Waals surface area (Å²) in [5.41, 5.74) is 2.69. The minimum Gasteiger partial charge on any atom is -0.497 e. The minimum atomic E-state index is -0.105. The van der Waals surface area contributed by atoms with Crippen molar-refractivity contribution in [2.75, 3.05) is 20.3 Å². The Morgan fingerprint density at radius 1 is 1.00 bits per heavy atom. The van der Waals surface area contributed by atoms with Crippen molar-refractivity contribution in [1.82, 2.24) is 14.9 Å². The van der Waals surface area contributed by atoms with Crippen molar-refractivity contribution in [2.24, 2.45) is 0 Å². The van der Waals surface area contributed by atoms with Gasteiger partial charge < -0.3 is 19.4 Å². The van der Waals surface area contributed by atoms with Gasteiger partial charge in [0.1, 0.15) is 17.3 Å². The van der Waals surface area contributed by atoms with E-state index in [0.29, 0.717) is 29.5 Å². The lowest BCUT2D eigenvalue weighted by molar-refractivity contribution is 0.0952. The third-order valence-corrected chi connectivity index (χ3v) is 5.79. The number of nitrogens with zero attached hydrogens (tertiary/aromatic N) is 2. The number of rotatable bonds is 11. The molecule has 0 fully saturated rings. The van der Waals surface area contributed by atoms with Crippen LogP contribution < -0.4 is 14.8 Å². The fourth-order valence-corrected chi connectivity index (χ4v) is 3.95. The topological polar surface area (TPSA) is 65.4 Å². The molecular formula is C27H28ClN3O3. The summed E-state index contributed by atoms with van der Waals surface area (Å²) < 4.78 is 13.3. The van der Waals surface area contributed by atoms with Crippen LogP contribution in [0.4, 0.5) is 0 Å². The lowest BCUT2D eigenvalue weighted by Crippen LogP contribution is -2.25. The molecule has 34 heavy (non-hydrogen) atoms. The highest BCUT2D eigenvalue weighted by Crippen LogP contribution is 2.19. The van der Waals surface area contributed by atoms with Crippen molar-refractivity contribution in [3.63, 3.8) is 0 Å². The van der Waals surface area contributed by atoms with E-state index in [4.69, 9.17) is 26.1 Å². The van der Waals surface area contributed by atoms with Crippen LogP contribution in [0.25, 0.3) is 11.0 Å². The number of nitrogens with one attached hydrogen (secondary N) is 1. The van der Waals surface area contributed by atoms with Crippen molar-refractivity contribution in [2.45, 2.75) is 25.8 Å². The number of amides is 1. The van der Waals surface area contributed by atoms with E-state index in [1.54, 1.807) is 19.2 Å². The van der Waals surface area contributed by atoms with Gasteiger partial charge in [0, 0.05) is 30.1 Å². The molecule has 0 unspecified atom stereocenters. The number of methoxy groups -OCH3 is 1. The smallest absolute Gasteiger partial charge is 0.251 e. The zero-order chi connectivity index (χ0) is 23.8. The lowest BCUT2D eigenvalue weighted by atomic mass is 10.2. The van der Waals surface area contributed by atoms with Gasteiger partial charge in [0.2, 0.25) is 0 Å². The SMILES string of the molecule is COc1cccc(C(=O)NCCCc2nc3ccccc3n2CCCOc2ccc(Cl)cc2)c1. The molecule has 0 aliphatic rings. The molecule has 176 valence electrons. The predicted octanol–water partition coefficient (Wildman–Crippen LogP) is 5.53. The molecule has 4 rings (SSSR count). The summed E-state index contributed by atoms with van der Waals surface area (Å²) in [6, 6.07) is 22.7. The number of carbonyl (C=O) groups is 1. The van der Waals surface area contributed by atoms with Crippen LogP contribution in [-0.2, 0) is 13.0 Å². The van der Waals surface area contributed by atoms with Gasteiger partial charge in [0.05, 0.1) is 24.8 Å². The summed E-state index contributed by atoms with van der Waals surface area (Å²) in [5, 5.41) is 3.68. The Kier molecular flexibility index (Phi) is 8.04. The molecule has 1 heterocycles. The number of halogens is 1. The molecule has 0 aliphatic heterocycles. The molecule has 0 atom stereocenters. The summed E-state index contributed by atoms with van der Waals surface area (Å²) in [6.07, 6.45) is 2.41. The van der Waals surface area contributed by atoms with Crippen LogP contribution in [0, 0.1) is 0 Å².